The lowest BCUT2D eigenvalue weighted by Crippen LogP contribution is -2.40. The van der Waals surface area contributed by atoms with Crippen molar-refractivity contribution < 1.29 is 9.53 Å². The summed E-state index contributed by atoms with van der Waals surface area (Å²) in [4.78, 5) is 14.0. The van der Waals surface area contributed by atoms with Crippen molar-refractivity contribution in [2.45, 2.75) is 20.0 Å². The van der Waals surface area contributed by atoms with Crippen molar-refractivity contribution in [3.05, 3.63) is 30.3 Å². The Morgan fingerprint density at radius 2 is 1.89 bits per heavy atom. The fraction of sp³-hybridized carbons (Fsp3) is 0.533. The lowest BCUT2D eigenvalue weighted by molar-refractivity contribution is -0.127. The summed E-state index contributed by atoms with van der Waals surface area (Å²) in [6, 6.07) is 9.38. The van der Waals surface area contributed by atoms with Crippen LogP contribution < -0.4 is 10.1 Å². The highest BCUT2D eigenvalue weighted by molar-refractivity contribution is 5.80. The number of amides is 1. The molecule has 1 rings (SSSR count). The average Bonchev–Trinajstić information content (AvgIpc) is 2.36. The molecular formula is C15H24N2O2. The molecule has 0 saturated heterocycles. The molecule has 0 aromatic heterocycles. The number of nitrogens with zero attached hydrogens (tertiary/aromatic N) is 1. The standard InChI is InChI=1S/C15H24N2O2/c1-12(11-17(3)4)10-16-15(18)13(2)19-14-8-6-5-7-9-14/h5-9,12-13H,10-11H2,1-4H3,(H,16,18)/t12-,13-/m1/s1. The Bertz CT molecular complexity index is 379. The first kappa shape index (κ1) is 15.5. The minimum Gasteiger partial charge on any atom is -0.481 e. The van der Waals surface area contributed by atoms with E-state index < -0.39 is 6.10 Å². The van der Waals surface area contributed by atoms with E-state index in [1.807, 2.05) is 44.4 Å². The van der Waals surface area contributed by atoms with Gasteiger partial charge in [0.05, 0.1) is 0 Å². The van der Waals surface area contributed by atoms with E-state index in [9.17, 15) is 4.79 Å². The van der Waals surface area contributed by atoms with Gasteiger partial charge in [-0.15, -0.1) is 0 Å². The molecule has 1 N–H and O–H groups in total. The van der Waals surface area contributed by atoms with E-state index in [-0.39, 0.29) is 5.91 Å². The first-order valence-electron chi connectivity index (χ1n) is 6.63. The van der Waals surface area contributed by atoms with E-state index in [1.165, 1.54) is 0 Å². The molecule has 0 bridgehead atoms. The third-order valence-corrected chi connectivity index (χ3v) is 2.73. The van der Waals surface area contributed by atoms with Gasteiger partial charge in [-0.2, -0.15) is 0 Å². The summed E-state index contributed by atoms with van der Waals surface area (Å²) in [5.74, 6) is 1.06. The zero-order chi connectivity index (χ0) is 14.3. The quantitative estimate of drug-likeness (QED) is 0.816. The number of rotatable bonds is 7. The Hall–Kier alpha value is -1.55. The van der Waals surface area contributed by atoms with Crippen molar-refractivity contribution in [3.63, 3.8) is 0 Å². The van der Waals surface area contributed by atoms with E-state index >= 15 is 0 Å². The van der Waals surface area contributed by atoms with Crippen LogP contribution in [-0.2, 0) is 4.79 Å². The number of benzene rings is 1. The number of nitrogens with one attached hydrogen (secondary N) is 1. The van der Waals surface area contributed by atoms with E-state index in [2.05, 4.69) is 17.1 Å². The first-order valence-corrected chi connectivity index (χ1v) is 6.63. The average molecular weight is 264 g/mol. The van der Waals surface area contributed by atoms with Crippen LogP contribution in [0, 0.1) is 5.92 Å². The molecule has 0 aliphatic heterocycles. The van der Waals surface area contributed by atoms with Gasteiger partial charge in [0, 0.05) is 13.1 Å². The summed E-state index contributed by atoms with van der Waals surface area (Å²) in [7, 11) is 4.05. The molecule has 1 amide bonds. The molecule has 0 aliphatic rings. The minimum atomic E-state index is -0.478. The highest BCUT2D eigenvalue weighted by atomic mass is 16.5. The van der Waals surface area contributed by atoms with Crippen LogP contribution in [-0.4, -0.2) is 44.1 Å². The smallest absolute Gasteiger partial charge is 0.260 e. The van der Waals surface area contributed by atoms with Crippen molar-refractivity contribution >= 4 is 5.91 Å². The van der Waals surface area contributed by atoms with Crippen LogP contribution in [0.5, 0.6) is 5.75 Å². The van der Waals surface area contributed by atoms with Crippen LogP contribution in [0.2, 0.25) is 0 Å². The number of carbonyl (C=O) groups excluding carboxylic acids is 1. The molecule has 0 unspecified atom stereocenters. The van der Waals surface area contributed by atoms with Crippen molar-refractivity contribution in [2.24, 2.45) is 5.92 Å². The maximum Gasteiger partial charge on any atom is 0.260 e. The molecule has 0 spiro atoms. The van der Waals surface area contributed by atoms with Gasteiger partial charge in [0.25, 0.3) is 5.91 Å². The fourth-order valence-corrected chi connectivity index (χ4v) is 1.86. The van der Waals surface area contributed by atoms with E-state index in [1.54, 1.807) is 6.92 Å². The fourth-order valence-electron chi connectivity index (χ4n) is 1.86. The summed E-state index contributed by atoms with van der Waals surface area (Å²) in [5, 5.41) is 2.92. The Labute approximate surface area is 115 Å². The SMILES string of the molecule is C[C@H](CNC(=O)[C@@H](C)Oc1ccccc1)CN(C)C. The third-order valence-electron chi connectivity index (χ3n) is 2.73. The van der Waals surface area contributed by atoms with Crippen LogP contribution in [0.1, 0.15) is 13.8 Å². The number of hydrogen-bond acceptors (Lipinski definition) is 3. The molecule has 106 valence electrons. The monoisotopic (exact) mass is 264 g/mol. The van der Waals surface area contributed by atoms with Gasteiger partial charge in [0.15, 0.2) is 6.10 Å². The number of para-hydroxylation sites is 1. The Morgan fingerprint density at radius 1 is 1.26 bits per heavy atom. The van der Waals surface area contributed by atoms with Gasteiger partial charge in [-0.3, -0.25) is 4.79 Å². The topological polar surface area (TPSA) is 41.6 Å². The van der Waals surface area contributed by atoms with Crippen LogP contribution in [0.3, 0.4) is 0 Å². The molecule has 0 radical (unpaired) electrons. The number of hydrogen-bond donors (Lipinski definition) is 1. The van der Waals surface area contributed by atoms with Crippen LogP contribution in [0.15, 0.2) is 30.3 Å². The van der Waals surface area contributed by atoms with E-state index in [0.29, 0.717) is 18.2 Å². The van der Waals surface area contributed by atoms with Crippen molar-refractivity contribution in [1.29, 1.82) is 0 Å². The highest BCUT2D eigenvalue weighted by Gasteiger charge is 2.15. The van der Waals surface area contributed by atoms with Gasteiger partial charge in [0.1, 0.15) is 5.75 Å². The zero-order valence-corrected chi connectivity index (χ0v) is 12.2. The zero-order valence-electron chi connectivity index (χ0n) is 12.2. The lowest BCUT2D eigenvalue weighted by Gasteiger charge is -2.19. The largest absolute Gasteiger partial charge is 0.481 e. The van der Waals surface area contributed by atoms with Crippen LogP contribution in [0.4, 0.5) is 0 Å². The Balaban J connectivity index is 2.33. The predicted molar refractivity (Wildman–Crippen MR) is 77.3 cm³/mol. The lowest BCUT2D eigenvalue weighted by atomic mass is 10.1. The summed E-state index contributed by atoms with van der Waals surface area (Å²) < 4.78 is 5.57. The van der Waals surface area contributed by atoms with Crippen LogP contribution >= 0.6 is 0 Å². The molecule has 4 nitrogen and oxygen atoms in total. The molecule has 0 saturated carbocycles. The third kappa shape index (κ3) is 6.25. The number of ether oxygens (including phenoxy) is 1. The van der Waals surface area contributed by atoms with E-state index in [0.717, 1.165) is 6.54 Å². The molecular weight excluding hydrogens is 240 g/mol. The van der Waals surface area contributed by atoms with Gasteiger partial charge < -0.3 is 15.0 Å². The molecule has 2 atom stereocenters. The maximum atomic E-state index is 11.9. The highest BCUT2D eigenvalue weighted by Crippen LogP contribution is 2.10. The number of carbonyl (C=O) groups is 1. The van der Waals surface area contributed by atoms with Gasteiger partial charge in [-0.25, -0.2) is 0 Å². The summed E-state index contributed by atoms with van der Waals surface area (Å²) in [6.07, 6.45) is -0.478. The van der Waals surface area contributed by atoms with Crippen molar-refractivity contribution in [1.82, 2.24) is 10.2 Å². The second-order valence-corrected chi connectivity index (χ2v) is 5.19. The molecule has 0 fully saturated rings. The minimum absolute atomic E-state index is 0.0746. The van der Waals surface area contributed by atoms with Crippen LogP contribution in [0.25, 0.3) is 0 Å². The maximum absolute atomic E-state index is 11.9. The Morgan fingerprint density at radius 3 is 2.47 bits per heavy atom. The van der Waals surface area contributed by atoms with Gasteiger partial charge in [-0.1, -0.05) is 25.1 Å². The molecule has 4 heteroatoms. The van der Waals surface area contributed by atoms with Gasteiger partial charge >= 0.3 is 0 Å². The second kappa shape index (κ2) is 7.79. The first-order chi connectivity index (χ1) is 8.99. The van der Waals surface area contributed by atoms with Crippen molar-refractivity contribution in [3.8, 4) is 5.75 Å². The Kier molecular flexibility index (Phi) is 6.36. The normalized spacial score (nSPS) is 13.9. The predicted octanol–water partition coefficient (Wildman–Crippen LogP) is 1.77. The molecule has 1 aromatic rings. The molecule has 0 aliphatic carbocycles. The van der Waals surface area contributed by atoms with E-state index in [4.69, 9.17) is 4.74 Å². The summed E-state index contributed by atoms with van der Waals surface area (Å²) in [6.45, 7) is 5.50. The van der Waals surface area contributed by atoms with Gasteiger partial charge in [0.2, 0.25) is 0 Å². The van der Waals surface area contributed by atoms with Gasteiger partial charge in [-0.05, 0) is 39.1 Å². The molecule has 19 heavy (non-hydrogen) atoms. The summed E-state index contributed by atoms with van der Waals surface area (Å²) >= 11 is 0. The molecule has 1 aromatic carbocycles. The summed E-state index contributed by atoms with van der Waals surface area (Å²) in [5.41, 5.74) is 0. The molecule has 0 heterocycles. The second-order valence-electron chi connectivity index (χ2n) is 5.19. The van der Waals surface area contributed by atoms with Crippen molar-refractivity contribution in [2.75, 3.05) is 27.2 Å².